The summed E-state index contributed by atoms with van der Waals surface area (Å²) in [6.45, 7) is 2.51. The van der Waals surface area contributed by atoms with Crippen LogP contribution in [-0.2, 0) is 0 Å². The summed E-state index contributed by atoms with van der Waals surface area (Å²) >= 11 is 1.34. The Morgan fingerprint density at radius 1 is 1.18 bits per heavy atom. The van der Waals surface area contributed by atoms with Gasteiger partial charge in [-0.2, -0.15) is 0 Å². The zero-order valence-electron chi connectivity index (χ0n) is 15.5. The highest BCUT2D eigenvalue weighted by Crippen LogP contribution is 2.41. The van der Waals surface area contributed by atoms with Crippen molar-refractivity contribution in [1.29, 1.82) is 0 Å². The van der Waals surface area contributed by atoms with Crippen molar-refractivity contribution in [3.63, 3.8) is 0 Å². The van der Waals surface area contributed by atoms with E-state index in [2.05, 4.69) is 10.2 Å². The van der Waals surface area contributed by atoms with Crippen LogP contribution in [0.25, 0.3) is 11.4 Å². The Bertz CT molecular complexity index is 984. The minimum Gasteiger partial charge on any atom is -0.494 e. The lowest BCUT2D eigenvalue weighted by Gasteiger charge is -2.09. The lowest BCUT2D eigenvalue weighted by molar-refractivity contribution is 0.102. The third kappa shape index (κ3) is 3.94. The molecule has 1 aromatic heterocycles. The molecule has 144 valence electrons. The van der Waals surface area contributed by atoms with Crippen LogP contribution < -0.4 is 4.74 Å². The van der Waals surface area contributed by atoms with E-state index in [-0.39, 0.29) is 23.4 Å². The molecule has 7 heteroatoms. The van der Waals surface area contributed by atoms with E-state index in [1.54, 1.807) is 42.5 Å². The van der Waals surface area contributed by atoms with Crippen LogP contribution in [0.15, 0.2) is 53.7 Å². The molecule has 0 amide bonds. The summed E-state index contributed by atoms with van der Waals surface area (Å²) in [5.41, 5.74) is 1.06. The largest absolute Gasteiger partial charge is 0.494 e. The Morgan fingerprint density at radius 3 is 2.61 bits per heavy atom. The maximum absolute atomic E-state index is 14.2. The fourth-order valence-corrected chi connectivity index (χ4v) is 3.88. The molecule has 0 N–H and O–H groups in total. The van der Waals surface area contributed by atoms with Gasteiger partial charge in [0.05, 0.1) is 17.9 Å². The van der Waals surface area contributed by atoms with E-state index in [0.29, 0.717) is 28.7 Å². The highest BCUT2D eigenvalue weighted by molar-refractivity contribution is 7.99. The number of ether oxygens (including phenoxy) is 1. The molecule has 1 aliphatic carbocycles. The molecule has 0 bridgehead atoms. The first-order chi connectivity index (χ1) is 13.7. The number of hydrogen-bond acceptors (Lipinski definition) is 5. The summed E-state index contributed by atoms with van der Waals surface area (Å²) in [6, 6.07) is 14.0. The smallest absolute Gasteiger partial charge is 0.192 e. The number of halogens is 1. The number of carbonyl (C=O) groups is 1. The van der Waals surface area contributed by atoms with Gasteiger partial charge in [0.2, 0.25) is 0 Å². The van der Waals surface area contributed by atoms with Crippen molar-refractivity contribution in [2.75, 3.05) is 12.4 Å². The maximum atomic E-state index is 14.2. The number of nitrogens with zero attached hydrogens (tertiary/aromatic N) is 3. The lowest BCUT2D eigenvalue weighted by Crippen LogP contribution is -2.05. The normalized spacial score (nSPS) is 13.5. The zero-order valence-corrected chi connectivity index (χ0v) is 16.3. The second-order valence-corrected chi connectivity index (χ2v) is 7.50. The van der Waals surface area contributed by atoms with Gasteiger partial charge in [-0.15, -0.1) is 10.2 Å². The summed E-state index contributed by atoms with van der Waals surface area (Å²) in [6.07, 6.45) is 2.03. The van der Waals surface area contributed by atoms with E-state index < -0.39 is 0 Å². The minimum atomic E-state index is -0.321. The molecule has 0 aliphatic heterocycles. The number of rotatable bonds is 8. The van der Waals surface area contributed by atoms with Gasteiger partial charge >= 0.3 is 0 Å². The van der Waals surface area contributed by atoms with Crippen molar-refractivity contribution in [3.05, 3.63) is 59.9 Å². The van der Waals surface area contributed by atoms with E-state index in [1.165, 1.54) is 17.8 Å². The summed E-state index contributed by atoms with van der Waals surface area (Å²) in [5.74, 6) is 1.20. The number of carbonyl (C=O) groups excluding carboxylic acids is 1. The number of benzene rings is 2. The van der Waals surface area contributed by atoms with Gasteiger partial charge in [-0.1, -0.05) is 23.9 Å². The average molecular weight is 397 g/mol. The van der Waals surface area contributed by atoms with E-state index in [1.807, 2.05) is 11.5 Å². The summed E-state index contributed by atoms with van der Waals surface area (Å²) in [5, 5.41) is 9.10. The van der Waals surface area contributed by atoms with Gasteiger partial charge in [-0.25, -0.2) is 4.39 Å². The molecule has 0 saturated heterocycles. The number of hydrogen-bond donors (Lipinski definition) is 0. The second-order valence-electron chi connectivity index (χ2n) is 6.56. The van der Waals surface area contributed by atoms with Crippen molar-refractivity contribution in [2.45, 2.75) is 31.0 Å². The Balaban J connectivity index is 1.51. The summed E-state index contributed by atoms with van der Waals surface area (Å²) in [4.78, 5) is 12.5. The zero-order chi connectivity index (χ0) is 19.5. The van der Waals surface area contributed by atoms with Crippen LogP contribution in [0.4, 0.5) is 4.39 Å². The van der Waals surface area contributed by atoms with Crippen LogP contribution in [0.3, 0.4) is 0 Å². The van der Waals surface area contributed by atoms with E-state index >= 15 is 0 Å². The molecule has 4 rings (SSSR count). The highest BCUT2D eigenvalue weighted by atomic mass is 32.2. The van der Waals surface area contributed by atoms with Crippen molar-refractivity contribution < 1.29 is 13.9 Å². The van der Waals surface area contributed by atoms with Gasteiger partial charge in [0.15, 0.2) is 16.8 Å². The summed E-state index contributed by atoms with van der Waals surface area (Å²) < 4.78 is 21.6. The molecule has 0 radical (unpaired) electrons. The van der Waals surface area contributed by atoms with Gasteiger partial charge < -0.3 is 4.74 Å². The number of thioether (sulfide) groups is 1. The second kappa shape index (κ2) is 8.14. The first-order valence-corrected chi connectivity index (χ1v) is 10.2. The van der Waals surface area contributed by atoms with E-state index in [9.17, 15) is 9.18 Å². The molecule has 1 saturated carbocycles. The molecule has 0 spiro atoms. The molecule has 3 aromatic rings. The number of ketones is 1. The predicted octanol–water partition coefficient (Wildman–Crippen LogP) is 4.79. The van der Waals surface area contributed by atoms with Gasteiger partial charge in [-0.3, -0.25) is 9.36 Å². The molecule has 2 aromatic carbocycles. The Labute approximate surface area is 166 Å². The van der Waals surface area contributed by atoms with Crippen LogP contribution >= 0.6 is 11.8 Å². The third-order valence-electron chi connectivity index (χ3n) is 4.51. The fourth-order valence-electron chi connectivity index (χ4n) is 2.98. The van der Waals surface area contributed by atoms with Crippen LogP contribution in [0.1, 0.15) is 36.2 Å². The van der Waals surface area contributed by atoms with Gasteiger partial charge in [0, 0.05) is 11.6 Å². The van der Waals surface area contributed by atoms with Crippen LogP contribution in [0.2, 0.25) is 0 Å². The lowest BCUT2D eigenvalue weighted by atomic mass is 10.1. The van der Waals surface area contributed by atoms with Gasteiger partial charge in [-0.05, 0) is 56.2 Å². The van der Waals surface area contributed by atoms with E-state index in [0.717, 1.165) is 18.6 Å². The minimum absolute atomic E-state index is 0.00540. The summed E-state index contributed by atoms with van der Waals surface area (Å²) in [7, 11) is 0. The topological polar surface area (TPSA) is 57.0 Å². The molecule has 5 nitrogen and oxygen atoms in total. The molecule has 0 atom stereocenters. The first kappa shape index (κ1) is 18.7. The standard InChI is InChI=1S/C21H20FN3O2S/c1-2-27-16-11-7-14(8-12-16)19(26)13-28-21-24-23-20(25(21)15-9-10-15)17-5-3-4-6-18(17)22/h3-8,11-12,15H,2,9-10,13H2,1H3. The third-order valence-corrected chi connectivity index (χ3v) is 5.45. The monoisotopic (exact) mass is 397 g/mol. The highest BCUT2D eigenvalue weighted by Gasteiger charge is 2.31. The Hall–Kier alpha value is -2.67. The molecular weight excluding hydrogens is 377 g/mol. The Morgan fingerprint density at radius 2 is 1.93 bits per heavy atom. The molecular formula is C21H20FN3O2S. The predicted molar refractivity (Wildman–Crippen MR) is 106 cm³/mol. The maximum Gasteiger partial charge on any atom is 0.192 e. The number of Topliss-reactive ketones (excluding diaryl/α,β-unsaturated/α-hetero) is 1. The number of aromatic nitrogens is 3. The molecule has 28 heavy (non-hydrogen) atoms. The SMILES string of the molecule is CCOc1ccc(C(=O)CSc2nnc(-c3ccccc3F)n2C2CC2)cc1. The van der Waals surface area contributed by atoms with Crippen LogP contribution in [0, 0.1) is 5.82 Å². The van der Waals surface area contributed by atoms with Crippen LogP contribution in [-0.4, -0.2) is 32.9 Å². The fraction of sp³-hybridized carbons (Fsp3) is 0.286. The van der Waals surface area contributed by atoms with Crippen molar-refractivity contribution >= 4 is 17.5 Å². The average Bonchev–Trinajstić information content (AvgIpc) is 3.47. The van der Waals surface area contributed by atoms with Gasteiger partial charge in [0.1, 0.15) is 11.6 Å². The Kier molecular flexibility index (Phi) is 5.43. The molecule has 1 fully saturated rings. The molecule has 1 aliphatic rings. The van der Waals surface area contributed by atoms with E-state index in [4.69, 9.17) is 4.74 Å². The quantitative estimate of drug-likeness (QED) is 0.404. The van der Waals surface area contributed by atoms with Crippen molar-refractivity contribution in [1.82, 2.24) is 14.8 Å². The molecule has 1 heterocycles. The van der Waals surface area contributed by atoms with Crippen molar-refractivity contribution in [3.8, 4) is 17.1 Å². The van der Waals surface area contributed by atoms with Crippen molar-refractivity contribution in [2.24, 2.45) is 0 Å². The van der Waals surface area contributed by atoms with Crippen LogP contribution in [0.5, 0.6) is 5.75 Å². The first-order valence-electron chi connectivity index (χ1n) is 9.26. The molecule has 0 unspecified atom stereocenters. The van der Waals surface area contributed by atoms with Gasteiger partial charge in [0.25, 0.3) is 0 Å².